The standard InChI is InChI=1S/C16H29N3O2/c1-2-18(14-8-4-3-5-9-14)12-15(20)19-10-6-7-13(11-19)16(17)21/h13-14H,2-12H2,1H3,(H2,17,21). The summed E-state index contributed by atoms with van der Waals surface area (Å²) in [6, 6.07) is 0.560. The molecule has 0 spiro atoms. The molecule has 0 radical (unpaired) electrons. The number of nitrogens with zero attached hydrogens (tertiary/aromatic N) is 2. The number of primary amides is 1. The summed E-state index contributed by atoms with van der Waals surface area (Å²) < 4.78 is 0. The van der Waals surface area contributed by atoms with E-state index in [0.29, 0.717) is 19.1 Å². The van der Waals surface area contributed by atoms with Gasteiger partial charge in [-0.15, -0.1) is 0 Å². The van der Waals surface area contributed by atoms with Gasteiger partial charge in [-0.05, 0) is 32.2 Å². The van der Waals surface area contributed by atoms with E-state index in [1.165, 1.54) is 32.1 Å². The molecule has 120 valence electrons. The molecule has 1 aliphatic carbocycles. The lowest BCUT2D eigenvalue weighted by molar-refractivity contribution is -0.136. The van der Waals surface area contributed by atoms with E-state index in [4.69, 9.17) is 5.73 Å². The zero-order valence-electron chi connectivity index (χ0n) is 13.2. The van der Waals surface area contributed by atoms with E-state index in [1.807, 2.05) is 4.90 Å². The van der Waals surface area contributed by atoms with Crippen molar-refractivity contribution in [2.45, 2.75) is 57.9 Å². The van der Waals surface area contributed by atoms with Crippen LogP contribution in [0.25, 0.3) is 0 Å². The van der Waals surface area contributed by atoms with Crippen LogP contribution >= 0.6 is 0 Å². The molecule has 1 unspecified atom stereocenters. The van der Waals surface area contributed by atoms with Crippen molar-refractivity contribution in [1.82, 2.24) is 9.80 Å². The monoisotopic (exact) mass is 295 g/mol. The van der Waals surface area contributed by atoms with Gasteiger partial charge in [0, 0.05) is 19.1 Å². The highest BCUT2D eigenvalue weighted by Gasteiger charge is 2.29. The van der Waals surface area contributed by atoms with Crippen molar-refractivity contribution < 1.29 is 9.59 Å². The van der Waals surface area contributed by atoms with Crippen LogP contribution in [0.1, 0.15) is 51.9 Å². The molecule has 0 aromatic carbocycles. The summed E-state index contributed by atoms with van der Waals surface area (Å²) in [5, 5.41) is 0. The van der Waals surface area contributed by atoms with Crippen LogP contribution in [-0.2, 0) is 9.59 Å². The minimum absolute atomic E-state index is 0.160. The number of hydrogen-bond acceptors (Lipinski definition) is 3. The highest BCUT2D eigenvalue weighted by molar-refractivity contribution is 5.81. The summed E-state index contributed by atoms with van der Waals surface area (Å²) in [6.07, 6.45) is 8.02. The van der Waals surface area contributed by atoms with Crippen molar-refractivity contribution in [3.05, 3.63) is 0 Å². The van der Waals surface area contributed by atoms with Gasteiger partial charge in [-0.3, -0.25) is 14.5 Å². The Kier molecular flexibility index (Phi) is 6.03. The van der Waals surface area contributed by atoms with Crippen LogP contribution in [0.3, 0.4) is 0 Å². The van der Waals surface area contributed by atoms with Gasteiger partial charge in [0.15, 0.2) is 0 Å². The van der Waals surface area contributed by atoms with E-state index < -0.39 is 0 Å². The van der Waals surface area contributed by atoms with Gasteiger partial charge in [0.1, 0.15) is 0 Å². The highest BCUT2D eigenvalue weighted by Crippen LogP contribution is 2.23. The predicted octanol–water partition coefficient (Wildman–Crippen LogP) is 1.36. The molecule has 5 nitrogen and oxygen atoms in total. The van der Waals surface area contributed by atoms with E-state index >= 15 is 0 Å². The lowest BCUT2D eigenvalue weighted by Gasteiger charge is -2.36. The molecule has 1 saturated heterocycles. The molecule has 21 heavy (non-hydrogen) atoms. The molecule has 0 aromatic rings. The van der Waals surface area contributed by atoms with Crippen molar-refractivity contribution in [3.8, 4) is 0 Å². The second-order valence-electron chi connectivity index (χ2n) is 6.44. The molecular formula is C16H29N3O2. The number of nitrogens with two attached hydrogens (primary N) is 1. The van der Waals surface area contributed by atoms with Crippen LogP contribution in [0.2, 0.25) is 0 Å². The van der Waals surface area contributed by atoms with Crippen LogP contribution in [0.4, 0.5) is 0 Å². The minimum atomic E-state index is -0.271. The zero-order chi connectivity index (χ0) is 15.2. The molecule has 2 rings (SSSR count). The maximum Gasteiger partial charge on any atom is 0.236 e. The third-order valence-electron chi connectivity index (χ3n) is 5.01. The number of piperidine rings is 1. The molecule has 2 fully saturated rings. The van der Waals surface area contributed by atoms with Gasteiger partial charge in [-0.2, -0.15) is 0 Å². The Morgan fingerprint density at radius 3 is 2.48 bits per heavy atom. The third-order valence-corrected chi connectivity index (χ3v) is 5.01. The molecule has 0 bridgehead atoms. The van der Waals surface area contributed by atoms with Crippen LogP contribution in [0.5, 0.6) is 0 Å². The summed E-state index contributed by atoms with van der Waals surface area (Å²) in [5.74, 6) is -0.270. The molecule has 1 heterocycles. The number of amides is 2. The van der Waals surface area contributed by atoms with Gasteiger partial charge in [-0.1, -0.05) is 26.2 Å². The molecule has 2 aliphatic rings. The summed E-state index contributed by atoms with van der Waals surface area (Å²) in [4.78, 5) is 28.0. The maximum absolute atomic E-state index is 12.5. The van der Waals surface area contributed by atoms with E-state index in [1.54, 1.807) is 0 Å². The Bertz CT molecular complexity index is 367. The minimum Gasteiger partial charge on any atom is -0.369 e. The second-order valence-corrected chi connectivity index (χ2v) is 6.44. The van der Waals surface area contributed by atoms with Gasteiger partial charge in [0.2, 0.25) is 11.8 Å². The maximum atomic E-state index is 12.5. The number of carbonyl (C=O) groups is 2. The Morgan fingerprint density at radius 2 is 1.86 bits per heavy atom. The summed E-state index contributed by atoms with van der Waals surface area (Å²) in [6.45, 7) is 4.82. The van der Waals surface area contributed by atoms with Crippen molar-refractivity contribution in [3.63, 3.8) is 0 Å². The topological polar surface area (TPSA) is 66.6 Å². The van der Waals surface area contributed by atoms with Crippen molar-refractivity contribution >= 4 is 11.8 Å². The Hall–Kier alpha value is -1.10. The Balaban J connectivity index is 1.87. The van der Waals surface area contributed by atoms with Crippen LogP contribution in [0.15, 0.2) is 0 Å². The fourth-order valence-corrected chi connectivity index (χ4v) is 3.65. The quantitative estimate of drug-likeness (QED) is 0.833. The van der Waals surface area contributed by atoms with Crippen molar-refractivity contribution in [1.29, 1.82) is 0 Å². The van der Waals surface area contributed by atoms with E-state index in [-0.39, 0.29) is 17.7 Å². The molecule has 1 saturated carbocycles. The molecule has 0 aromatic heterocycles. The molecular weight excluding hydrogens is 266 g/mol. The number of carbonyl (C=O) groups excluding carboxylic acids is 2. The van der Waals surface area contributed by atoms with Crippen molar-refractivity contribution in [2.75, 3.05) is 26.2 Å². The van der Waals surface area contributed by atoms with E-state index in [0.717, 1.165) is 25.9 Å². The first kappa shape index (κ1) is 16.3. The molecule has 5 heteroatoms. The first-order valence-electron chi connectivity index (χ1n) is 8.43. The van der Waals surface area contributed by atoms with Crippen LogP contribution in [0, 0.1) is 5.92 Å². The second kappa shape index (κ2) is 7.78. The SMILES string of the molecule is CCN(CC(=O)N1CCCC(C(N)=O)C1)C1CCCCC1. The van der Waals surface area contributed by atoms with Gasteiger partial charge >= 0.3 is 0 Å². The predicted molar refractivity (Wildman–Crippen MR) is 82.6 cm³/mol. The summed E-state index contributed by atoms with van der Waals surface area (Å²) in [5.41, 5.74) is 5.39. The first-order valence-corrected chi connectivity index (χ1v) is 8.43. The number of rotatable bonds is 5. The smallest absolute Gasteiger partial charge is 0.236 e. The lowest BCUT2D eigenvalue weighted by atomic mass is 9.94. The van der Waals surface area contributed by atoms with Gasteiger partial charge in [-0.25, -0.2) is 0 Å². The van der Waals surface area contributed by atoms with Crippen LogP contribution < -0.4 is 5.73 Å². The molecule has 2 N–H and O–H groups in total. The Morgan fingerprint density at radius 1 is 1.14 bits per heavy atom. The summed E-state index contributed by atoms with van der Waals surface area (Å²) >= 11 is 0. The fourth-order valence-electron chi connectivity index (χ4n) is 3.65. The van der Waals surface area contributed by atoms with E-state index in [2.05, 4.69) is 11.8 Å². The summed E-state index contributed by atoms with van der Waals surface area (Å²) in [7, 11) is 0. The van der Waals surface area contributed by atoms with Crippen molar-refractivity contribution in [2.24, 2.45) is 11.7 Å². The molecule has 1 aliphatic heterocycles. The largest absolute Gasteiger partial charge is 0.369 e. The van der Waals surface area contributed by atoms with Crippen LogP contribution in [-0.4, -0.2) is 53.8 Å². The highest BCUT2D eigenvalue weighted by atomic mass is 16.2. The number of hydrogen-bond donors (Lipinski definition) is 1. The van der Waals surface area contributed by atoms with Gasteiger partial charge in [0.05, 0.1) is 12.5 Å². The third kappa shape index (κ3) is 4.43. The number of likely N-dealkylation sites (tertiary alicyclic amines) is 1. The average molecular weight is 295 g/mol. The van der Waals surface area contributed by atoms with Gasteiger partial charge in [0.25, 0.3) is 0 Å². The number of likely N-dealkylation sites (N-methyl/N-ethyl adjacent to an activating group) is 1. The first-order chi connectivity index (χ1) is 10.1. The molecule has 1 atom stereocenters. The fraction of sp³-hybridized carbons (Fsp3) is 0.875. The van der Waals surface area contributed by atoms with E-state index in [9.17, 15) is 9.59 Å². The average Bonchev–Trinajstić information content (AvgIpc) is 2.53. The normalized spacial score (nSPS) is 24.3. The zero-order valence-corrected chi connectivity index (χ0v) is 13.2. The lowest BCUT2D eigenvalue weighted by Crippen LogP contribution is -2.49. The Labute approximate surface area is 127 Å². The van der Waals surface area contributed by atoms with Gasteiger partial charge < -0.3 is 10.6 Å². The molecule has 2 amide bonds.